The standard InChI is InChI=1S/C13H10ClN5O/c1-19-6-12(17-18-19)9-3-2-8(14)4-10(9)11-5-13(20)16-7-15-11/h2-7H,1H3,(H,15,16,20). The molecule has 100 valence electrons. The minimum atomic E-state index is -0.0972. The summed E-state index contributed by atoms with van der Waals surface area (Å²) in [4.78, 5) is 7.83. The van der Waals surface area contributed by atoms with Crippen molar-refractivity contribution in [2.24, 2.45) is 7.05 Å². The minimum absolute atomic E-state index is 0.0972. The smallest absolute Gasteiger partial charge is 0.214 e. The molecule has 0 radical (unpaired) electrons. The van der Waals surface area contributed by atoms with Gasteiger partial charge < -0.3 is 5.11 Å². The minimum Gasteiger partial charge on any atom is -0.493 e. The molecule has 0 amide bonds. The number of halogens is 1. The molecule has 3 aromatic rings. The molecule has 20 heavy (non-hydrogen) atoms. The molecule has 0 saturated heterocycles. The zero-order chi connectivity index (χ0) is 14.1. The molecule has 0 atom stereocenters. The number of aromatic hydroxyl groups is 1. The lowest BCUT2D eigenvalue weighted by Gasteiger charge is -2.07. The van der Waals surface area contributed by atoms with Gasteiger partial charge in [-0.3, -0.25) is 4.68 Å². The third-order valence-electron chi connectivity index (χ3n) is 2.79. The van der Waals surface area contributed by atoms with E-state index in [0.29, 0.717) is 16.4 Å². The maximum atomic E-state index is 9.49. The summed E-state index contributed by atoms with van der Waals surface area (Å²) in [5.74, 6) is -0.0972. The summed E-state index contributed by atoms with van der Waals surface area (Å²) in [6.07, 6.45) is 3.10. The largest absolute Gasteiger partial charge is 0.493 e. The van der Waals surface area contributed by atoms with Gasteiger partial charge in [0.15, 0.2) is 0 Å². The molecule has 0 spiro atoms. The maximum Gasteiger partial charge on any atom is 0.214 e. The molecule has 0 saturated carbocycles. The Morgan fingerprint density at radius 3 is 2.65 bits per heavy atom. The van der Waals surface area contributed by atoms with Crippen LogP contribution in [0.15, 0.2) is 36.8 Å². The number of hydrogen-bond donors (Lipinski definition) is 1. The average Bonchev–Trinajstić information content (AvgIpc) is 2.85. The summed E-state index contributed by atoms with van der Waals surface area (Å²) >= 11 is 6.05. The summed E-state index contributed by atoms with van der Waals surface area (Å²) in [6, 6.07) is 6.87. The molecular formula is C13H10ClN5O. The fourth-order valence-electron chi connectivity index (χ4n) is 1.92. The normalized spacial score (nSPS) is 10.7. The molecule has 0 aliphatic carbocycles. The van der Waals surface area contributed by atoms with Crippen LogP contribution in [-0.2, 0) is 7.05 Å². The Morgan fingerprint density at radius 2 is 1.95 bits per heavy atom. The molecule has 0 unspecified atom stereocenters. The molecule has 0 aliphatic heterocycles. The second-order valence-corrected chi connectivity index (χ2v) is 4.67. The van der Waals surface area contributed by atoms with E-state index in [4.69, 9.17) is 11.6 Å². The van der Waals surface area contributed by atoms with Crippen LogP contribution in [0.1, 0.15) is 0 Å². The van der Waals surface area contributed by atoms with E-state index >= 15 is 0 Å². The first-order chi connectivity index (χ1) is 9.63. The first-order valence-corrected chi connectivity index (χ1v) is 6.19. The monoisotopic (exact) mass is 287 g/mol. The van der Waals surface area contributed by atoms with E-state index in [9.17, 15) is 5.11 Å². The predicted molar refractivity (Wildman–Crippen MR) is 74.1 cm³/mol. The first-order valence-electron chi connectivity index (χ1n) is 5.81. The van der Waals surface area contributed by atoms with Gasteiger partial charge in [0, 0.05) is 29.3 Å². The van der Waals surface area contributed by atoms with Crippen molar-refractivity contribution < 1.29 is 5.11 Å². The summed E-state index contributed by atoms with van der Waals surface area (Å²) in [7, 11) is 1.79. The van der Waals surface area contributed by atoms with Crippen LogP contribution < -0.4 is 0 Å². The Labute approximate surface area is 119 Å². The number of nitrogens with zero attached hydrogens (tertiary/aromatic N) is 5. The second kappa shape index (κ2) is 4.90. The number of aromatic nitrogens is 5. The highest BCUT2D eigenvalue weighted by atomic mass is 35.5. The Balaban J connectivity index is 2.21. The highest BCUT2D eigenvalue weighted by Gasteiger charge is 2.13. The Kier molecular flexibility index (Phi) is 3.08. The SMILES string of the molecule is Cn1cc(-c2ccc(Cl)cc2-c2cc(O)ncn2)nn1. The summed E-state index contributed by atoms with van der Waals surface area (Å²) in [5, 5.41) is 18.1. The van der Waals surface area contributed by atoms with Crippen LogP contribution in [0, 0.1) is 0 Å². The number of aryl methyl sites for hydroxylation is 1. The van der Waals surface area contributed by atoms with Crippen LogP contribution in [0.2, 0.25) is 5.02 Å². The first kappa shape index (κ1) is 12.6. The Bertz CT molecular complexity index is 771. The van der Waals surface area contributed by atoms with Gasteiger partial charge in [-0.15, -0.1) is 5.10 Å². The van der Waals surface area contributed by atoms with Gasteiger partial charge in [-0.05, 0) is 12.1 Å². The Hall–Kier alpha value is -2.47. The lowest BCUT2D eigenvalue weighted by atomic mass is 10.0. The van der Waals surface area contributed by atoms with E-state index in [1.54, 1.807) is 30.1 Å². The van der Waals surface area contributed by atoms with Gasteiger partial charge in [-0.2, -0.15) is 0 Å². The lowest BCUT2D eigenvalue weighted by Crippen LogP contribution is -1.90. The summed E-state index contributed by atoms with van der Waals surface area (Å²) in [5.41, 5.74) is 2.87. The maximum absolute atomic E-state index is 9.49. The molecule has 0 fully saturated rings. The van der Waals surface area contributed by atoms with E-state index < -0.39 is 0 Å². The van der Waals surface area contributed by atoms with Crippen molar-refractivity contribution in [3.63, 3.8) is 0 Å². The van der Waals surface area contributed by atoms with Crippen molar-refractivity contribution in [3.05, 3.63) is 41.8 Å². The third kappa shape index (κ3) is 2.33. The molecule has 0 bridgehead atoms. The second-order valence-electron chi connectivity index (χ2n) is 4.23. The number of benzene rings is 1. The summed E-state index contributed by atoms with van der Waals surface area (Å²) in [6.45, 7) is 0. The molecule has 1 aromatic carbocycles. The van der Waals surface area contributed by atoms with Gasteiger partial charge in [0.25, 0.3) is 0 Å². The Morgan fingerprint density at radius 1 is 1.10 bits per heavy atom. The van der Waals surface area contributed by atoms with Gasteiger partial charge in [0.05, 0.1) is 11.9 Å². The van der Waals surface area contributed by atoms with Crippen LogP contribution in [-0.4, -0.2) is 30.1 Å². The third-order valence-corrected chi connectivity index (χ3v) is 3.02. The topological polar surface area (TPSA) is 76.7 Å². The number of rotatable bonds is 2. The molecular weight excluding hydrogens is 278 g/mol. The van der Waals surface area contributed by atoms with Crippen molar-refractivity contribution in [1.82, 2.24) is 25.0 Å². The van der Waals surface area contributed by atoms with E-state index in [-0.39, 0.29) is 5.88 Å². The summed E-state index contributed by atoms with van der Waals surface area (Å²) < 4.78 is 1.62. The van der Waals surface area contributed by atoms with Crippen molar-refractivity contribution in [3.8, 4) is 28.4 Å². The zero-order valence-corrected chi connectivity index (χ0v) is 11.3. The molecule has 6 nitrogen and oxygen atoms in total. The van der Waals surface area contributed by atoms with Gasteiger partial charge in [-0.1, -0.05) is 22.9 Å². The fourth-order valence-corrected chi connectivity index (χ4v) is 2.09. The highest BCUT2D eigenvalue weighted by molar-refractivity contribution is 6.31. The van der Waals surface area contributed by atoms with Gasteiger partial charge in [0.1, 0.15) is 12.0 Å². The molecule has 2 heterocycles. The zero-order valence-electron chi connectivity index (χ0n) is 10.5. The van der Waals surface area contributed by atoms with Gasteiger partial charge >= 0.3 is 0 Å². The van der Waals surface area contributed by atoms with Crippen LogP contribution in [0.4, 0.5) is 0 Å². The van der Waals surface area contributed by atoms with Crippen molar-refractivity contribution >= 4 is 11.6 Å². The van der Waals surface area contributed by atoms with Crippen LogP contribution >= 0.6 is 11.6 Å². The van der Waals surface area contributed by atoms with E-state index in [2.05, 4.69) is 20.3 Å². The molecule has 2 aromatic heterocycles. The lowest BCUT2D eigenvalue weighted by molar-refractivity contribution is 0.452. The van der Waals surface area contributed by atoms with E-state index in [1.807, 2.05) is 6.07 Å². The fraction of sp³-hybridized carbons (Fsp3) is 0.0769. The highest BCUT2D eigenvalue weighted by Crippen LogP contribution is 2.32. The van der Waals surface area contributed by atoms with Crippen LogP contribution in [0.25, 0.3) is 22.5 Å². The van der Waals surface area contributed by atoms with Gasteiger partial charge in [-0.25, -0.2) is 9.97 Å². The molecule has 1 N–H and O–H groups in total. The van der Waals surface area contributed by atoms with Crippen molar-refractivity contribution in [2.75, 3.05) is 0 Å². The average molecular weight is 288 g/mol. The van der Waals surface area contributed by atoms with E-state index in [1.165, 1.54) is 12.4 Å². The van der Waals surface area contributed by atoms with Crippen molar-refractivity contribution in [1.29, 1.82) is 0 Å². The van der Waals surface area contributed by atoms with Crippen LogP contribution in [0.3, 0.4) is 0 Å². The molecule has 3 rings (SSSR count). The molecule has 7 heteroatoms. The van der Waals surface area contributed by atoms with Crippen LogP contribution in [0.5, 0.6) is 5.88 Å². The van der Waals surface area contributed by atoms with Gasteiger partial charge in [0.2, 0.25) is 5.88 Å². The number of hydrogen-bond acceptors (Lipinski definition) is 5. The predicted octanol–water partition coefficient (Wildman–Crippen LogP) is 2.30. The molecule has 0 aliphatic rings. The quantitative estimate of drug-likeness (QED) is 0.782. The van der Waals surface area contributed by atoms with Crippen molar-refractivity contribution in [2.45, 2.75) is 0 Å². The van der Waals surface area contributed by atoms with E-state index in [0.717, 1.165) is 11.1 Å².